The van der Waals surface area contributed by atoms with Crippen LogP contribution in [-0.4, -0.2) is 9.78 Å². The van der Waals surface area contributed by atoms with E-state index < -0.39 is 0 Å². The van der Waals surface area contributed by atoms with Crippen molar-refractivity contribution in [1.29, 1.82) is 5.26 Å². The largest absolute Gasteiger partial charge is 0.324 e. The minimum Gasteiger partial charge on any atom is -0.324 e. The molecule has 0 saturated heterocycles. The molecule has 0 unspecified atom stereocenters. The van der Waals surface area contributed by atoms with Crippen LogP contribution in [0.4, 0.5) is 0 Å². The summed E-state index contributed by atoms with van der Waals surface area (Å²) in [7, 11) is 1.83. The highest BCUT2D eigenvalue weighted by Crippen LogP contribution is 2.21. The summed E-state index contributed by atoms with van der Waals surface area (Å²) in [5.74, 6) is 0. The highest BCUT2D eigenvalue weighted by molar-refractivity contribution is 5.85. The molecule has 0 saturated carbocycles. The monoisotopic (exact) mass is 236 g/mol. The molecule has 2 rings (SSSR count). The molecule has 1 aromatic heterocycles. The van der Waals surface area contributed by atoms with Gasteiger partial charge in [0, 0.05) is 18.5 Å². The summed E-state index contributed by atoms with van der Waals surface area (Å²) in [6.07, 6.45) is 0. The van der Waals surface area contributed by atoms with Crippen LogP contribution in [0.25, 0.3) is 10.9 Å². The van der Waals surface area contributed by atoms with Crippen LogP contribution in [0.15, 0.2) is 18.2 Å². The molecule has 4 nitrogen and oxygen atoms in total. The van der Waals surface area contributed by atoms with Crippen molar-refractivity contribution in [3.05, 3.63) is 29.5 Å². The number of nitrogens with two attached hydrogens (primary N) is 1. The van der Waals surface area contributed by atoms with Gasteiger partial charge < -0.3 is 5.73 Å². The van der Waals surface area contributed by atoms with Crippen LogP contribution in [0.5, 0.6) is 0 Å². The van der Waals surface area contributed by atoms with Crippen LogP contribution in [0.2, 0.25) is 0 Å². The zero-order valence-corrected chi connectivity index (χ0v) is 9.95. The van der Waals surface area contributed by atoms with E-state index in [4.69, 9.17) is 11.0 Å². The lowest BCUT2D eigenvalue weighted by Crippen LogP contribution is -2.04. The topological polar surface area (TPSA) is 67.6 Å². The first kappa shape index (κ1) is 12.5. The molecule has 0 fully saturated rings. The zero-order valence-electron chi connectivity index (χ0n) is 9.14. The fraction of sp³-hybridized carbons (Fsp3) is 0.273. The van der Waals surface area contributed by atoms with Crippen molar-refractivity contribution < 1.29 is 0 Å². The third-order valence-electron chi connectivity index (χ3n) is 2.51. The molecule has 0 spiro atoms. The fourth-order valence-electron chi connectivity index (χ4n) is 1.64. The van der Waals surface area contributed by atoms with E-state index in [0.29, 0.717) is 5.69 Å². The first-order chi connectivity index (χ1) is 7.13. The van der Waals surface area contributed by atoms with Crippen molar-refractivity contribution in [3.8, 4) is 6.07 Å². The number of benzene rings is 1. The predicted octanol–water partition coefficient (Wildman–Crippen LogP) is 1.89. The summed E-state index contributed by atoms with van der Waals surface area (Å²) < 4.78 is 1.71. The Hall–Kier alpha value is -1.57. The van der Waals surface area contributed by atoms with Gasteiger partial charge in [-0.3, -0.25) is 4.68 Å². The predicted molar refractivity (Wildman–Crippen MR) is 65.3 cm³/mol. The molecule has 16 heavy (non-hydrogen) atoms. The number of hydrogen-bond acceptors (Lipinski definition) is 3. The minimum atomic E-state index is -0.00478. The Bertz CT molecular complexity index is 551. The van der Waals surface area contributed by atoms with Crippen LogP contribution in [0, 0.1) is 11.3 Å². The summed E-state index contributed by atoms with van der Waals surface area (Å²) in [6, 6.07) is 7.89. The molecule has 0 bridgehead atoms. The van der Waals surface area contributed by atoms with E-state index >= 15 is 0 Å². The molecule has 0 amide bonds. The lowest BCUT2D eigenvalue weighted by molar-refractivity contribution is 0.785. The van der Waals surface area contributed by atoms with E-state index in [1.54, 1.807) is 4.68 Å². The summed E-state index contributed by atoms with van der Waals surface area (Å²) in [4.78, 5) is 0. The highest BCUT2D eigenvalue weighted by atomic mass is 35.5. The van der Waals surface area contributed by atoms with E-state index in [9.17, 15) is 0 Å². The number of hydrogen-bond donors (Lipinski definition) is 1. The summed E-state index contributed by atoms with van der Waals surface area (Å²) >= 11 is 0. The van der Waals surface area contributed by atoms with Crippen molar-refractivity contribution in [2.45, 2.75) is 13.0 Å². The minimum absolute atomic E-state index is 0. The average Bonchev–Trinajstić information content (AvgIpc) is 2.55. The van der Waals surface area contributed by atoms with E-state index in [1.165, 1.54) is 0 Å². The molecule has 0 radical (unpaired) electrons. The second-order valence-electron chi connectivity index (χ2n) is 3.65. The molecule has 2 aromatic rings. The number of aryl methyl sites for hydroxylation is 1. The molecular formula is C11H13ClN4. The van der Waals surface area contributed by atoms with Crippen LogP contribution >= 0.6 is 12.4 Å². The second-order valence-corrected chi connectivity index (χ2v) is 3.65. The Morgan fingerprint density at radius 1 is 1.50 bits per heavy atom. The number of aromatic nitrogens is 2. The highest BCUT2D eigenvalue weighted by Gasteiger charge is 2.09. The zero-order chi connectivity index (χ0) is 11.0. The van der Waals surface area contributed by atoms with Gasteiger partial charge in [0.05, 0.1) is 5.52 Å². The number of rotatable bonds is 1. The van der Waals surface area contributed by atoms with Crippen molar-refractivity contribution in [1.82, 2.24) is 9.78 Å². The molecule has 2 N–H and O–H groups in total. The number of nitriles is 1. The second kappa shape index (κ2) is 4.52. The molecule has 1 heterocycles. The van der Waals surface area contributed by atoms with Gasteiger partial charge >= 0.3 is 0 Å². The van der Waals surface area contributed by atoms with Gasteiger partial charge in [-0.2, -0.15) is 10.4 Å². The van der Waals surface area contributed by atoms with E-state index in [1.807, 2.05) is 32.2 Å². The normalized spacial score (nSPS) is 11.9. The smallest absolute Gasteiger partial charge is 0.170 e. The summed E-state index contributed by atoms with van der Waals surface area (Å²) in [6.45, 7) is 1.93. The lowest BCUT2D eigenvalue weighted by atomic mass is 10.1. The van der Waals surface area contributed by atoms with Gasteiger partial charge in [-0.15, -0.1) is 12.4 Å². The maximum absolute atomic E-state index is 8.88. The van der Waals surface area contributed by atoms with Crippen molar-refractivity contribution in [2.24, 2.45) is 12.8 Å². The van der Waals surface area contributed by atoms with Gasteiger partial charge in [0.25, 0.3) is 0 Å². The standard InChI is InChI=1S/C11H12N4.ClH/c1-7(13)8-3-4-9-10(6-12)14-15(2)11(9)5-8;/h3-5,7H,13H2,1-2H3;1H/t7-;/m1./s1. The fourth-order valence-corrected chi connectivity index (χ4v) is 1.64. The van der Waals surface area contributed by atoms with Gasteiger partial charge in [0.1, 0.15) is 6.07 Å². The molecule has 1 aromatic carbocycles. The molecule has 1 atom stereocenters. The van der Waals surface area contributed by atoms with Crippen molar-refractivity contribution in [2.75, 3.05) is 0 Å². The van der Waals surface area contributed by atoms with Crippen LogP contribution in [-0.2, 0) is 7.05 Å². The Balaban J connectivity index is 0.00000128. The Morgan fingerprint density at radius 3 is 2.75 bits per heavy atom. The number of halogens is 1. The molecule has 0 aliphatic rings. The third kappa shape index (κ3) is 1.87. The Labute approximate surface area is 100 Å². The molecule has 5 heteroatoms. The van der Waals surface area contributed by atoms with Gasteiger partial charge in [0.15, 0.2) is 5.69 Å². The molecule has 84 valence electrons. The first-order valence-electron chi connectivity index (χ1n) is 4.76. The van der Waals surface area contributed by atoms with E-state index in [-0.39, 0.29) is 18.4 Å². The summed E-state index contributed by atoms with van der Waals surface area (Å²) in [5, 5.41) is 13.9. The molecule has 0 aliphatic carbocycles. The summed E-state index contributed by atoms with van der Waals surface area (Å²) in [5.41, 5.74) is 8.26. The van der Waals surface area contributed by atoms with Gasteiger partial charge in [0.2, 0.25) is 0 Å². The molecule has 0 aliphatic heterocycles. The molecular weight excluding hydrogens is 224 g/mol. The Morgan fingerprint density at radius 2 is 2.19 bits per heavy atom. The van der Waals surface area contributed by atoms with Gasteiger partial charge in [-0.05, 0) is 24.6 Å². The number of fused-ring (bicyclic) bond motifs is 1. The SMILES string of the molecule is C[C@@H](N)c1ccc2c(C#N)nn(C)c2c1.Cl. The lowest BCUT2D eigenvalue weighted by Gasteiger charge is -2.05. The van der Waals surface area contributed by atoms with Gasteiger partial charge in [-0.25, -0.2) is 0 Å². The van der Waals surface area contributed by atoms with E-state index in [0.717, 1.165) is 16.5 Å². The quantitative estimate of drug-likeness (QED) is 0.822. The Kier molecular flexibility index (Phi) is 3.53. The van der Waals surface area contributed by atoms with Gasteiger partial charge in [-0.1, -0.05) is 6.07 Å². The maximum atomic E-state index is 8.88. The van der Waals surface area contributed by atoms with Crippen LogP contribution < -0.4 is 5.73 Å². The first-order valence-corrected chi connectivity index (χ1v) is 4.76. The van der Waals surface area contributed by atoms with Crippen molar-refractivity contribution in [3.63, 3.8) is 0 Å². The van der Waals surface area contributed by atoms with Crippen LogP contribution in [0.3, 0.4) is 0 Å². The number of nitrogens with zero attached hydrogens (tertiary/aromatic N) is 3. The van der Waals surface area contributed by atoms with Crippen molar-refractivity contribution >= 4 is 23.3 Å². The average molecular weight is 237 g/mol. The maximum Gasteiger partial charge on any atom is 0.170 e. The van der Waals surface area contributed by atoms with Crippen LogP contribution in [0.1, 0.15) is 24.2 Å². The third-order valence-corrected chi connectivity index (χ3v) is 2.51. The van der Waals surface area contributed by atoms with E-state index in [2.05, 4.69) is 11.2 Å².